The van der Waals surface area contributed by atoms with Gasteiger partial charge in [-0.05, 0) is 42.5 Å². The fourth-order valence-electron chi connectivity index (χ4n) is 2.52. The fraction of sp³-hybridized carbons (Fsp3) is 0.105. The average Bonchev–Trinajstić information content (AvgIpc) is 3.17. The van der Waals surface area contributed by atoms with Gasteiger partial charge in [0.15, 0.2) is 11.5 Å². The summed E-state index contributed by atoms with van der Waals surface area (Å²) in [6.07, 6.45) is 0. The van der Waals surface area contributed by atoms with Crippen molar-refractivity contribution in [2.24, 2.45) is 0 Å². The topological polar surface area (TPSA) is 73.3 Å². The summed E-state index contributed by atoms with van der Waals surface area (Å²) >= 11 is 1.15. The van der Waals surface area contributed by atoms with E-state index in [1.54, 1.807) is 18.2 Å². The second-order valence-electron chi connectivity index (χ2n) is 5.79. The maximum atomic E-state index is 13.6. The fourth-order valence-corrected chi connectivity index (χ4v) is 3.14. The van der Waals surface area contributed by atoms with E-state index in [1.807, 2.05) is 12.1 Å². The number of nitrogens with one attached hydrogen (secondary N) is 1. The van der Waals surface area contributed by atoms with Crippen LogP contribution in [0.3, 0.4) is 0 Å². The smallest absolute Gasteiger partial charge is 0.234 e. The average molecular weight is 401 g/mol. The van der Waals surface area contributed by atoms with Crippen molar-refractivity contribution in [3.05, 3.63) is 60.2 Å². The highest BCUT2D eigenvalue weighted by Gasteiger charge is 2.15. The molecule has 3 aromatic rings. The highest BCUT2D eigenvalue weighted by Crippen LogP contribution is 2.35. The number of halogens is 2. The van der Waals surface area contributed by atoms with Crippen LogP contribution in [0.2, 0.25) is 0 Å². The highest BCUT2D eigenvalue weighted by molar-refractivity contribution is 7.99. The van der Waals surface area contributed by atoms with Gasteiger partial charge in [0, 0.05) is 11.6 Å². The van der Waals surface area contributed by atoms with E-state index in [2.05, 4.69) is 15.5 Å². The van der Waals surface area contributed by atoms with Gasteiger partial charge in [-0.3, -0.25) is 4.79 Å². The van der Waals surface area contributed by atoms with Crippen molar-refractivity contribution in [1.82, 2.24) is 10.2 Å². The van der Waals surface area contributed by atoms with Crippen LogP contribution in [-0.2, 0) is 4.79 Å². The molecule has 1 aliphatic rings. The van der Waals surface area contributed by atoms with Crippen LogP contribution in [0.25, 0.3) is 11.3 Å². The summed E-state index contributed by atoms with van der Waals surface area (Å²) in [5, 5.41) is 11.2. The van der Waals surface area contributed by atoms with Crippen molar-refractivity contribution in [2.45, 2.75) is 5.03 Å². The van der Waals surface area contributed by atoms with Crippen molar-refractivity contribution < 1.29 is 23.0 Å². The molecule has 28 heavy (non-hydrogen) atoms. The molecule has 2 heterocycles. The Morgan fingerprint density at radius 1 is 1.04 bits per heavy atom. The van der Waals surface area contributed by atoms with Crippen LogP contribution in [0.1, 0.15) is 0 Å². The summed E-state index contributed by atoms with van der Waals surface area (Å²) in [5.74, 6) is -0.615. The Kier molecular flexibility index (Phi) is 5.07. The van der Waals surface area contributed by atoms with Gasteiger partial charge < -0.3 is 14.8 Å². The van der Waals surface area contributed by atoms with E-state index >= 15 is 0 Å². The van der Waals surface area contributed by atoms with Gasteiger partial charge in [0.05, 0.1) is 17.1 Å². The van der Waals surface area contributed by atoms with Crippen LogP contribution in [0.5, 0.6) is 11.5 Å². The molecule has 0 atom stereocenters. The molecule has 0 fully saturated rings. The lowest BCUT2D eigenvalue weighted by atomic mass is 10.1. The van der Waals surface area contributed by atoms with Gasteiger partial charge in [0.1, 0.15) is 16.7 Å². The van der Waals surface area contributed by atoms with Gasteiger partial charge in [-0.15, -0.1) is 10.2 Å². The normalized spacial score (nSPS) is 12.1. The number of anilines is 1. The van der Waals surface area contributed by atoms with E-state index in [4.69, 9.17) is 9.47 Å². The molecule has 0 spiro atoms. The molecule has 0 bridgehead atoms. The number of benzene rings is 2. The maximum absolute atomic E-state index is 13.6. The van der Waals surface area contributed by atoms with Crippen LogP contribution >= 0.6 is 11.8 Å². The molecule has 1 aliphatic heterocycles. The molecule has 1 amide bonds. The van der Waals surface area contributed by atoms with Gasteiger partial charge in [-0.1, -0.05) is 11.8 Å². The molecule has 2 aromatic carbocycles. The van der Waals surface area contributed by atoms with Crippen molar-refractivity contribution in [2.75, 3.05) is 17.9 Å². The van der Waals surface area contributed by atoms with Crippen molar-refractivity contribution >= 4 is 23.4 Å². The summed E-state index contributed by atoms with van der Waals surface area (Å²) in [5.41, 5.74) is 1.41. The Balaban J connectivity index is 1.36. The van der Waals surface area contributed by atoms with Gasteiger partial charge >= 0.3 is 0 Å². The third kappa shape index (κ3) is 4.04. The first-order valence-corrected chi connectivity index (χ1v) is 9.18. The van der Waals surface area contributed by atoms with E-state index < -0.39 is 17.5 Å². The first-order chi connectivity index (χ1) is 13.6. The molecule has 0 saturated heterocycles. The van der Waals surface area contributed by atoms with Crippen LogP contribution < -0.4 is 14.8 Å². The molecule has 9 heteroatoms. The SMILES string of the molecule is O=C(CSc1ccc(-c2ccc3c(c2)OCO3)nn1)Nc1ccc(F)cc1F. The van der Waals surface area contributed by atoms with Gasteiger partial charge in [-0.25, -0.2) is 8.78 Å². The molecule has 0 saturated carbocycles. The minimum atomic E-state index is -0.828. The number of amides is 1. The molecule has 4 rings (SSSR count). The minimum Gasteiger partial charge on any atom is -0.454 e. The van der Waals surface area contributed by atoms with E-state index in [1.165, 1.54) is 6.07 Å². The van der Waals surface area contributed by atoms with Crippen molar-refractivity contribution in [3.8, 4) is 22.8 Å². The molecule has 1 aromatic heterocycles. The van der Waals surface area contributed by atoms with E-state index in [0.29, 0.717) is 28.3 Å². The summed E-state index contributed by atoms with van der Waals surface area (Å²) in [4.78, 5) is 12.0. The highest BCUT2D eigenvalue weighted by atomic mass is 32.2. The Morgan fingerprint density at radius 2 is 1.89 bits per heavy atom. The van der Waals surface area contributed by atoms with Crippen LogP contribution in [0.4, 0.5) is 14.5 Å². The lowest BCUT2D eigenvalue weighted by Crippen LogP contribution is -2.15. The van der Waals surface area contributed by atoms with E-state index in [-0.39, 0.29) is 18.2 Å². The van der Waals surface area contributed by atoms with E-state index in [0.717, 1.165) is 23.4 Å². The molecule has 1 N–H and O–H groups in total. The minimum absolute atomic E-state index is 0.00880. The predicted molar refractivity (Wildman–Crippen MR) is 99.3 cm³/mol. The summed E-state index contributed by atoms with van der Waals surface area (Å²) in [6.45, 7) is 0.198. The Bertz CT molecular complexity index is 1030. The summed E-state index contributed by atoms with van der Waals surface area (Å²) in [7, 11) is 0. The molecule has 0 unspecified atom stereocenters. The quantitative estimate of drug-likeness (QED) is 0.654. The zero-order valence-corrected chi connectivity index (χ0v) is 15.1. The zero-order valence-electron chi connectivity index (χ0n) is 14.3. The Labute approximate surface area is 162 Å². The number of thioether (sulfide) groups is 1. The van der Waals surface area contributed by atoms with Crippen molar-refractivity contribution in [3.63, 3.8) is 0 Å². The van der Waals surface area contributed by atoms with Gasteiger partial charge in [0.2, 0.25) is 12.7 Å². The summed E-state index contributed by atoms with van der Waals surface area (Å²) < 4.78 is 37.1. The Morgan fingerprint density at radius 3 is 2.68 bits per heavy atom. The third-order valence-electron chi connectivity index (χ3n) is 3.86. The van der Waals surface area contributed by atoms with Crippen LogP contribution in [-0.4, -0.2) is 28.7 Å². The molecule has 6 nitrogen and oxygen atoms in total. The lowest BCUT2D eigenvalue weighted by molar-refractivity contribution is -0.113. The number of rotatable bonds is 5. The molecular weight excluding hydrogens is 388 g/mol. The van der Waals surface area contributed by atoms with Crippen molar-refractivity contribution in [1.29, 1.82) is 0 Å². The van der Waals surface area contributed by atoms with E-state index in [9.17, 15) is 13.6 Å². The number of hydrogen-bond acceptors (Lipinski definition) is 6. The first kappa shape index (κ1) is 18.2. The molecule has 0 radical (unpaired) electrons. The third-order valence-corrected chi connectivity index (χ3v) is 4.78. The lowest BCUT2D eigenvalue weighted by Gasteiger charge is -2.06. The second-order valence-corrected chi connectivity index (χ2v) is 6.78. The zero-order chi connectivity index (χ0) is 19.5. The molecule has 142 valence electrons. The largest absolute Gasteiger partial charge is 0.454 e. The standard InChI is InChI=1S/C19H13F2N3O3S/c20-12-2-3-15(13(21)8-12)22-18(25)9-28-19-6-4-14(23-24-19)11-1-5-16-17(7-11)27-10-26-16/h1-8H,9-10H2,(H,22,25). The number of carbonyl (C=O) groups excluding carboxylic acids is 1. The molecular formula is C19H13F2N3O3S. The number of aromatic nitrogens is 2. The Hall–Kier alpha value is -3.20. The number of hydrogen-bond donors (Lipinski definition) is 1. The van der Waals surface area contributed by atoms with Crippen LogP contribution in [0.15, 0.2) is 53.6 Å². The van der Waals surface area contributed by atoms with Gasteiger partial charge in [0.25, 0.3) is 0 Å². The monoisotopic (exact) mass is 401 g/mol. The number of nitrogens with zero attached hydrogens (tertiary/aromatic N) is 2. The number of carbonyl (C=O) groups is 1. The van der Waals surface area contributed by atoms with Gasteiger partial charge in [-0.2, -0.15) is 0 Å². The second kappa shape index (κ2) is 7.81. The molecule has 0 aliphatic carbocycles. The number of fused-ring (bicyclic) bond motifs is 1. The predicted octanol–water partition coefficient (Wildman–Crippen LogP) is 3.88. The van der Waals surface area contributed by atoms with Crippen LogP contribution in [0, 0.1) is 11.6 Å². The summed E-state index contributed by atoms with van der Waals surface area (Å²) in [6, 6.07) is 12.0. The first-order valence-electron chi connectivity index (χ1n) is 8.20. The maximum Gasteiger partial charge on any atom is 0.234 e. The number of ether oxygens (including phenoxy) is 2.